The molecule has 20 heavy (non-hydrogen) atoms. The summed E-state index contributed by atoms with van der Waals surface area (Å²) in [6.07, 6.45) is -1.81. The van der Waals surface area contributed by atoms with Gasteiger partial charge in [0.25, 0.3) is 0 Å². The zero-order valence-electron chi connectivity index (χ0n) is 10.4. The second kappa shape index (κ2) is 5.32. The first-order valence-corrected chi connectivity index (χ1v) is 5.68. The summed E-state index contributed by atoms with van der Waals surface area (Å²) in [5, 5.41) is 0. The molecule has 1 heterocycles. The molecule has 2 rings (SSSR count). The Morgan fingerprint density at radius 2 is 2.00 bits per heavy atom. The molecule has 0 radical (unpaired) electrons. The molecule has 0 aliphatic rings. The Bertz CT molecular complexity index is 638. The Balaban J connectivity index is 2.32. The lowest BCUT2D eigenvalue weighted by Crippen LogP contribution is -2.17. The molecular weight excluding hydrogens is 271 g/mol. The quantitative estimate of drug-likeness (QED) is 0.808. The number of alkyl halides is 3. The van der Waals surface area contributed by atoms with E-state index in [0.29, 0.717) is 11.1 Å². The zero-order chi connectivity index (χ0) is 14.8. The van der Waals surface area contributed by atoms with Crippen molar-refractivity contribution >= 4 is 5.78 Å². The molecule has 0 atom stereocenters. The van der Waals surface area contributed by atoms with Crippen molar-refractivity contribution in [3.05, 3.63) is 59.4 Å². The number of ether oxygens (including phenoxy) is 1. The van der Waals surface area contributed by atoms with Gasteiger partial charge in [-0.3, -0.25) is 9.78 Å². The number of halogens is 3. The molecule has 3 nitrogen and oxygen atoms in total. The molecule has 6 heteroatoms. The number of nitrogens with zero attached hydrogens (tertiary/aromatic N) is 1. The van der Waals surface area contributed by atoms with E-state index in [0.717, 1.165) is 12.1 Å². The van der Waals surface area contributed by atoms with Crippen molar-refractivity contribution in [3.8, 4) is 5.75 Å². The minimum atomic E-state index is -4.78. The summed E-state index contributed by atoms with van der Waals surface area (Å²) < 4.78 is 40.2. The molecule has 0 N–H and O–H groups in total. The Morgan fingerprint density at radius 3 is 2.65 bits per heavy atom. The van der Waals surface area contributed by atoms with Gasteiger partial charge in [-0.2, -0.15) is 0 Å². The van der Waals surface area contributed by atoms with Crippen LogP contribution < -0.4 is 4.74 Å². The van der Waals surface area contributed by atoms with Crippen LogP contribution in [0.25, 0.3) is 0 Å². The molecule has 104 valence electrons. The summed E-state index contributed by atoms with van der Waals surface area (Å²) in [5.74, 6) is -0.799. The van der Waals surface area contributed by atoms with Crippen LogP contribution in [0.15, 0.2) is 42.7 Å². The van der Waals surface area contributed by atoms with E-state index in [4.69, 9.17) is 0 Å². The zero-order valence-corrected chi connectivity index (χ0v) is 10.4. The maximum atomic E-state index is 12.2. The van der Waals surface area contributed by atoms with Crippen LogP contribution in [0.5, 0.6) is 5.75 Å². The summed E-state index contributed by atoms with van der Waals surface area (Å²) in [7, 11) is 0. The van der Waals surface area contributed by atoms with Crippen LogP contribution in [0.1, 0.15) is 21.5 Å². The Morgan fingerprint density at radius 1 is 1.25 bits per heavy atom. The fourth-order valence-electron chi connectivity index (χ4n) is 1.72. The molecule has 0 aliphatic heterocycles. The van der Waals surface area contributed by atoms with Crippen molar-refractivity contribution in [3.63, 3.8) is 0 Å². The largest absolute Gasteiger partial charge is 0.573 e. The van der Waals surface area contributed by atoms with E-state index < -0.39 is 12.1 Å². The van der Waals surface area contributed by atoms with Gasteiger partial charge in [0.05, 0.1) is 0 Å². The first-order chi connectivity index (χ1) is 9.37. The highest BCUT2D eigenvalue weighted by Gasteiger charge is 2.31. The smallest absolute Gasteiger partial charge is 0.406 e. The Labute approximate surface area is 113 Å². The lowest BCUT2D eigenvalue weighted by molar-refractivity contribution is -0.274. The van der Waals surface area contributed by atoms with Crippen LogP contribution in [0.3, 0.4) is 0 Å². The summed E-state index contributed by atoms with van der Waals surface area (Å²) in [6, 6.07) is 6.50. The van der Waals surface area contributed by atoms with Gasteiger partial charge in [-0.05, 0) is 30.7 Å². The number of aromatic nitrogens is 1. The van der Waals surface area contributed by atoms with Crippen LogP contribution >= 0.6 is 0 Å². The molecule has 0 bridgehead atoms. The molecule has 0 spiro atoms. The van der Waals surface area contributed by atoms with Crippen molar-refractivity contribution < 1.29 is 22.7 Å². The van der Waals surface area contributed by atoms with E-state index >= 15 is 0 Å². The van der Waals surface area contributed by atoms with Gasteiger partial charge in [0, 0.05) is 23.5 Å². The first-order valence-electron chi connectivity index (χ1n) is 5.68. The normalized spacial score (nSPS) is 11.2. The van der Waals surface area contributed by atoms with Gasteiger partial charge in [0.1, 0.15) is 5.75 Å². The number of ketones is 1. The van der Waals surface area contributed by atoms with Crippen LogP contribution in [-0.4, -0.2) is 17.1 Å². The van der Waals surface area contributed by atoms with Crippen molar-refractivity contribution in [1.82, 2.24) is 4.98 Å². The standard InChI is InChI=1S/C14H10F3NO2/c1-9-8-18-6-5-12(9)13(19)10-3-2-4-11(7-10)20-14(15,16)17/h2-8H,1H3. The van der Waals surface area contributed by atoms with Crippen molar-refractivity contribution in [1.29, 1.82) is 0 Å². The van der Waals surface area contributed by atoms with Gasteiger partial charge in [0.15, 0.2) is 5.78 Å². The van der Waals surface area contributed by atoms with Gasteiger partial charge >= 0.3 is 6.36 Å². The lowest BCUT2D eigenvalue weighted by Gasteiger charge is -2.10. The van der Waals surface area contributed by atoms with E-state index in [1.165, 1.54) is 30.6 Å². The SMILES string of the molecule is Cc1cnccc1C(=O)c1cccc(OC(F)(F)F)c1. The fourth-order valence-corrected chi connectivity index (χ4v) is 1.72. The highest BCUT2D eigenvalue weighted by molar-refractivity contribution is 6.09. The maximum absolute atomic E-state index is 12.2. The van der Waals surface area contributed by atoms with Crippen molar-refractivity contribution in [2.24, 2.45) is 0 Å². The molecule has 1 aromatic heterocycles. The second-order valence-corrected chi connectivity index (χ2v) is 4.10. The molecular formula is C14H10F3NO2. The van der Waals surface area contributed by atoms with E-state index in [9.17, 15) is 18.0 Å². The van der Waals surface area contributed by atoms with Crippen LogP contribution in [0.2, 0.25) is 0 Å². The van der Waals surface area contributed by atoms with Crippen LogP contribution in [0, 0.1) is 6.92 Å². The molecule has 0 aliphatic carbocycles. The molecule has 0 saturated heterocycles. The average Bonchev–Trinajstić information content (AvgIpc) is 2.37. The molecule has 2 aromatic rings. The summed E-state index contributed by atoms with van der Waals surface area (Å²) in [4.78, 5) is 16.1. The molecule has 0 unspecified atom stereocenters. The third kappa shape index (κ3) is 3.34. The summed E-state index contributed by atoms with van der Waals surface area (Å²) >= 11 is 0. The van der Waals surface area contributed by atoms with E-state index in [-0.39, 0.29) is 11.3 Å². The molecule has 1 aromatic carbocycles. The van der Waals surface area contributed by atoms with Crippen LogP contribution in [-0.2, 0) is 0 Å². The molecule has 0 fully saturated rings. The van der Waals surface area contributed by atoms with Gasteiger partial charge in [-0.15, -0.1) is 13.2 Å². The predicted octanol–water partition coefficient (Wildman–Crippen LogP) is 3.52. The highest BCUT2D eigenvalue weighted by Crippen LogP contribution is 2.24. The monoisotopic (exact) mass is 281 g/mol. The first kappa shape index (κ1) is 14.0. The third-order valence-electron chi connectivity index (χ3n) is 2.59. The number of pyridine rings is 1. The lowest BCUT2D eigenvalue weighted by atomic mass is 10.0. The number of carbonyl (C=O) groups excluding carboxylic acids is 1. The van der Waals surface area contributed by atoms with Crippen LogP contribution in [0.4, 0.5) is 13.2 Å². The third-order valence-corrected chi connectivity index (χ3v) is 2.59. The van der Waals surface area contributed by atoms with Gasteiger partial charge in [-0.1, -0.05) is 12.1 Å². The predicted molar refractivity (Wildman–Crippen MR) is 65.5 cm³/mol. The highest BCUT2D eigenvalue weighted by atomic mass is 19.4. The van der Waals surface area contributed by atoms with Gasteiger partial charge < -0.3 is 4.74 Å². The van der Waals surface area contributed by atoms with Gasteiger partial charge in [-0.25, -0.2) is 0 Å². The molecule has 0 saturated carbocycles. The minimum absolute atomic E-state index is 0.126. The average molecular weight is 281 g/mol. The number of aryl methyl sites for hydroxylation is 1. The van der Waals surface area contributed by atoms with E-state index in [1.807, 2.05) is 0 Å². The number of carbonyl (C=O) groups is 1. The maximum Gasteiger partial charge on any atom is 0.573 e. The number of rotatable bonds is 3. The van der Waals surface area contributed by atoms with Crippen molar-refractivity contribution in [2.45, 2.75) is 13.3 Å². The minimum Gasteiger partial charge on any atom is -0.406 e. The molecule has 0 amide bonds. The summed E-state index contributed by atoms with van der Waals surface area (Å²) in [5.41, 5.74) is 1.17. The second-order valence-electron chi connectivity index (χ2n) is 4.10. The topological polar surface area (TPSA) is 39.2 Å². The van der Waals surface area contributed by atoms with Crippen molar-refractivity contribution in [2.75, 3.05) is 0 Å². The Hall–Kier alpha value is -2.37. The van der Waals surface area contributed by atoms with Gasteiger partial charge in [0.2, 0.25) is 0 Å². The summed E-state index contributed by atoms with van der Waals surface area (Å²) in [6.45, 7) is 1.70. The van der Waals surface area contributed by atoms with E-state index in [2.05, 4.69) is 9.72 Å². The Kier molecular flexibility index (Phi) is 3.74. The number of hydrogen-bond donors (Lipinski definition) is 0. The number of hydrogen-bond acceptors (Lipinski definition) is 3. The number of benzene rings is 1. The fraction of sp³-hybridized carbons (Fsp3) is 0.143. The van der Waals surface area contributed by atoms with E-state index in [1.54, 1.807) is 6.92 Å².